The Morgan fingerprint density at radius 2 is 2.05 bits per heavy atom. The average molecular weight is 310 g/mol. The standard InChI is InChI=1S/C16H17F3N2O/c1-10-20-13-7-11(6-12(14(13)22-10)16(17,18)19)8-21-5-4-15(9-21)2-3-15/h6-7H,2-5,8-9H2,1H3. The third-order valence-corrected chi connectivity index (χ3v) is 4.84. The molecular weight excluding hydrogens is 293 g/mol. The lowest BCUT2D eigenvalue weighted by atomic mass is 10.1. The summed E-state index contributed by atoms with van der Waals surface area (Å²) in [7, 11) is 0. The second-order valence-corrected chi connectivity index (χ2v) is 6.68. The summed E-state index contributed by atoms with van der Waals surface area (Å²) >= 11 is 0. The van der Waals surface area contributed by atoms with Crippen molar-refractivity contribution in [2.45, 2.75) is 38.9 Å². The minimum atomic E-state index is -4.43. The maximum atomic E-state index is 13.3. The van der Waals surface area contributed by atoms with E-state index in [2.05, 4.69) is 9.88 Å². The summed E-state index contributed by atoms with van der Waals surface area (Å²) in [6.07, 6.45) is -0.731. The van der Waals surface area contributed by atoms with E-state index < -0.39 is 11.7 Å². The van der Waals surface area contributed by atoms with E-state index in [1.54, 1.807) is 13.0 Å². The van der Waals surface area contributed by atoms with E-state index in [9.17, 15) is 13.2 Å². The Labute approximate surface area is 126 Å². The number of oxazole rings is 1. The van der Waals surface area contributed by atoms with E-state index in [4.69, 9.17) is 4.42 Å². The van der Waals surface area contributed by atoms with E-state index in [1.807, 2.05) is 0 Å². The van der Waals surface area contributed by atoms with Crippen molar-refractivity contribution in [3.05, 3.63) is 29.2 Å². The molecule has 1 saturated carbocycles. The number of rotatable bonds is 2. The molecule has 1 spiro atoms. The molecule has 0 bridgehead atoms. The first-order valence-electron chi connectivity index (χ1n) is 7.54. The molecule has 2 aromatic rings. The van der Waals surface area contributed by atoms with Crippen LogP contribution in [0, 0.1) is 12.3 Å². The molecule has 2 aliphatic rings. The smallest absolute Gasteiger partial charge is 0.420 e. The zero-order chi connectivity index (χ0) is 15.5. The average Bonchev–Trinajstić information content (AvgIpc) is 2.88. The number of aromatic nitrogens is 1. The van der Waals surface area contributed by atoms with Gasteiger partial charge in [-0.15, -0.1) is 0 Å². The molecule has 0 radical (unpaired) electrons. The Hall–Kier alpha value is -1.56. The molecular formula is C16H17F3N2O. The molecule has 0 atom stereocenters. The molecule has 2 heterocycles. The lowest BCUT2D eigenvalue weighted by Crippen LogP contribution is -2.20. The predicted molar refractivity (Wildman–Crippen MR) is 75.3 cm³/mol. The van der Waals surface area contributed by atoms with Crippen molar-refractivity contribution in [3.63, 3.8) is 0 Å². The van der Waals surface area contributed by atoms with E-state index in [0.29, 0.717) is 23.0 Å². The highest BCUT2D eigenvalue weighted by Gasteiger charge is 2.47. The van der Waals surface area contributed by atoms with Gasteiger partial charge in [-0.1, -0.05) is 0 Å². The van der Waals surface area contributed by atoms with Crippen LogP contribution in [0.5, 0.6) is 0 Å². The maximum absolute atomic E-state index is 13.3. The molecule has 1 aliphatic carbocycles. The molecule has 1 saturated heterocycles. The topological polar surface area (TPSA) is 29.3 Å². The van der Waals surface area contributed by atoms with Crippen LogP contribution in [0.25, 0.3) is 11.1 Å². The van der Waals surface area contributed by atoms with Crippen LogP contribution < -0.4 is 0 Å². The normalized spacial score (nSPS) is 21.1. The first kappa shape index (κ1) is 14.1. The van der Waals surface area contributed by atoms with Gasteiger partial charge in [-0.05, 0) is 48.9 Å². The van der Waals surface area contributed by atoms with Gasteiger partial charge in [0.05, 0.1) is 0 Å². The van der Waals surface area contributed by atoms with Gasteiger partial charge in [0.2, 0.25) is 0 Å². The van der Waals surface area contributed by atoms with Crippen molar-refractivity contribution in [3.8, 4) is 0 Å². The number of hydrogen-bond donors (Lipinski definition) is 0. The summed E-state index contributed by atoms with van der Waals surface area (Å²) in [6.45, 7) is 4.09. The summed E-state index contributed by atoms with van der Waals surface area (Å²) < 4.78 is 44.9. The van der Waals surface area contributed by atoms with E-state index >= 15 is 0 Å². The SMILES string of the molecule is Cc1nc2cc(CN3CCC4(CC4)C3)cc(C(F)(F)F)c2o1. The quantitative estimate of drug-likeness (QED) is 0.835. The Morgan fingerprint density at radius 3 is 2.68 bits per heavy atom. The van der Waals surface area contributed by atoms with E-state index in [0.717, 1.165) is 13.1 Å². The zero-order valence-electron chi connectivity index (χ0n) is 12.3. The molecule has 1 aliphatic heterocycles. The minimum Gasteiger partial charge on any atom is -0.440 e. The molecule has 1 aromatic carbocycles. The summed E-state index contributed by atoms with van der Waals surface area (Å²) in [5, 5.41) is 0. The Kier molecular flexibility index (Phi) is 2.86. The molecule has 3 nitrogen and oxygen atoms in total. The maximum Gasteiger partial charge on any atom is 0.420 e. The van der Waals surface area contributed by atoms with Crippen molar-refractivity contribution >= 4 is 11.1 Å². The number of likely N-dealkylation sites (tertiary alicyclic amines) is 1. The van der Waals surface area contributed by atoms with Crippen LogP contribution in [0.1, 0.15) is 36.3 Å². The Morgan fingerprint density at radius 1 is 1.27 bits per heavy atom. The predicted octanol–water partition coefficient (Wildman–Crippen LogP) is 4.14. The van der Waals surface area contributed by atoms with Gasteiger partial charge >= 0.3 is 6.18 Å². The molecule has 1 aromatic heterocycles. The van der Waals surface area contributed by atoms with Crippen molar-refractivity contribution in [2.24, 2.45) is 5.41 Å². The van der Waals surface area contributed by atoms with Gasteiger partial charge in [0.1, 0.15) is 11.1 Å². The molecule has 4 rings (SSSR count). The number of benzene rings is 1. The van der Waals surface area contributed by atoms with Gasteiger partial charge < -0.3 is 4.42 Å². The lowest BCUT2D eigenvalue weighted by molar-refractivity contribution is -0.136. The molecule has 0 N–H and O–H groups in total. The monoisotopic (exact) mass is 310 g/mol. The number of hydrogen-bond acceptors (Lipinski definition) is 3. The fourth-order valence-electron chi connectivity index (χ4n) is 3.51. The number of aryl methyl sites for hydroxylation is 1. The second kappa shape index (κ2) is 4.47. The van der Waals surface area contributed by atoms with Crippen LogP contribution in [0.2, 0.25) is 0 Å². The van der Waals surface area contributed by atoms with Gasteiger partial charge in [0.25, 0.3) is 0 Å². The fourth-order valence-corrected chi connectivity index (χ4v) is 3.51. The molecule has 0 amide bonds. The highest BCUT2D eigenvalue weighted by Crippen LogP contribution is 2.52. The third-order valence-electron chi connectivity index (χ3n) is 4.84. The number of fused-ring (bicyclic) bond motifs is 1. The van der Waals surface area contributed by atoms with Crippen LogP contribution in [0.3, 0.4) is 0 Å². The fraction of sp³-hybridized carbons (Fsp3) is 0.562. The number of halogens is 3. The largest absolute Gasteiger partial charge is 0.440 e. The Balaban J connectivity index is 1.68. The van der Waals surface area contributed by atoms with Crippen LogP contribution in [0.4, 0.5) is 13.2 Å². The third kappa shape index (κ3) is 2.39. The van der Waals surface area contributed by atoms with Crippen LogP contribution in [-0.2, 0) is 12.7 Å². The van der Waals surface area contributed by atoms with E-state index in [1.165, 1.54) is 25.3 Å². The molecule has 2 fully saturated rings. The van der Waals surface area contributed by atoms with Crippen molar-refractivity contribution in [1.29, 1.82) is 0 Å². The first-order valence-corrected chi connectivity index (χ1v) is 7.54. The number of alkyl halides is 3. The lowest BCUT2D eigenvalue weighted by Gasteiger charge is -2.17. The summed E-state index contributed by atoms with van der Waals surface area (Å²) in [4.78, 5) is 6.33. The summed E-state index contributed by atoms with van der Waals surface area (Å²) in [5.41, 5.74) is 0.546. The molecule has 118 valence electrons. The van der Waals surface area contributed by atoms with Gasteiger partial charge in [-0.3, -0.25) is 4.90 Å². The van der Waals surface area contributed by atoms with Gasteiger partial charge in [-0.25, -0.2) is 4.98 Å². The molecule has 0 unspecified atom stereocenters. The van der Waals surface area contributed by atoms with Crippen LogP contribution in [0.15, 0.2) is 16.5 Å². The highest BCUT2D eigenvalue weighted by molar-refractivity contribution is 5.78. The van der Waals surface area contributed by atoms with Gasteiger partial charge in [0, 0.05) is 20.0 Å². The zero-order valence-corrected chi connectivity index (χ0v) is 12.3. The summed E-state index contributed by atoms with van der Waals surface area (Å²) in [5.74, 6) is 0.260. The van der Waals surface area contributed by atoms with Crippen molar-refractivity contribution in [2.75, 3.05) is 13.1 Å². The minimum absolute atomic E-state index is 0.158. The number of nitrogens with zero attached hydrogens (tertiary/aromatic N) is 2. The van der Waals surface area contributed by atoms with Crippen LogP contribution in [-0.4, -0.2) is 23.0 Å². The van der Waals surface area contributed by atoms with Crippen molar-refractivity contribution in [1.82, 2.24) is 9.88 Å². The highest BCUT2D eigenvalue weighted by atomic mass is 19.4. The van der Waals surface area contributed by atoms with E-state index in [-0.39, 0.29) is 11.5 Å². The van der Waals surface area contributed by atoms with Crippen LogP contribution >= 0.6 is 0 Å². The first-order chi connectivity index (χ1) is 10.3. The van der Waals surface area contributed by atoms with Crippen molar-refractivity contribution < 1.29 is 17.6 Å². The molecule has 6 heteroatoms. The van der Waals surface area contributed by atoms with Gasteiger partial charge in [0.15, 0.2) is 11.5 Å². The molecule has 22 heavy (non-hydrogen) atoms. The second-order valence-electron chi connectivity index (χ2n) is 6.68. The summed E-state index contributed by atoms with van der Waals surface area (Å²) in [6, 6.07) is 2.93. The Bertz CT molecular complexity index is 731. The van der Waals surface area contributed by atoms with Gasteiger partial charge in [-0.2, -0.15) is 13.2 Å².